The highest BCUT2D eigenvalue weighted by molar-refractivity contribution is 14.1. The lowest BCUT2D eigenvalue weighted by molar-refractivity contribution is 0.0849. The summed E-state index contributed by atoms with van der Waals surface area (Å²) in [5.74, 6) is 0.585. The van der Waals surface area contributed by atoms with Crippen LogP contribution in [0.3, 0.4) is 0 Å². The summed E-state index contributed by atoms with van der Waals surface area (Å²) in [5, 5.41) is 2.80. The van der Waals surface area contributed by atoms with Crippen molar-refractivity contribution < 1.29 is 9.53 Å². The predicted octanol–water partition coefficient (Wildman–Crippen LogP) is 4.05. The molecule has 1 heterocycles. The van der Waals surface area contributed by atoms with Crippen molar-refractivity contribution in [3.8, 4) is 5.75 Å². The maximum Gasteiger partial charge on any atom is 0.255 e. The Morgan fingerprint density at radius 3 is 2.52 bits per heavy atom. The molecule has 21 heavy (non-hydrogen) atoms. The van der Waals surface area contributed by atoms with E-state index >= 15 is 0 Å². The first kappa shape index (κ1) is 17.2. The number of hydrogen-bond donors (Lipinski definition) is 1. The van der Waals surface area contributed by atoms with Crippen LogP contribution in [0.5, 0.6) is 5.75 Å². The topological polar surface area (TPSA) is 51.2 Å². The summed E-state index contributed by atoms with van der Waals surface area (Å²) in [6.45, 7) is 1.80. The Morgan fingerprint density at radius 1 is 1.29 bits per heavy atom. The molecule has 1 aromatic heterocycles. The third-order valence-corrected chi connectivity index (χ3v) is 4.74. The zero-order valence-corrected chi connectivity index (χ0v) is 17.4. The molecule has 0 aliphatic heterocycles. The summed E-state index contributed by atoms with van der Waals surface area (Å²) in [6.07, 6.45) is 2.73. The fourth-order valence-electron chi connectivity index (χ4n) is 1.61. The number of rotatable bonds is 4. The van der Waals surface area contributed by atoms with E-state index < -0.39 is 6.23 Å². The molecule has 0 saturated carbocycles. The van der Waals surface area contributed by atoms with E-state index in [4.69, 9.17) is 4.74 Å². The molecule has 1 atom stereocenters. The molecule has 0 aliphatic rings. The van der Waals surface area contributed by atoms with Gasteiger partial charge in [-0.2, -0.15) is 0 Å². The lowest BCUT2D eigenvalue weighted by Gasteiger charge is -2.18. The predicted molar refractivity (Wildman–Crippen MR) is 106 cm³/mol. The molecule has 0 bridgehead atoms. The first-order valence-corrected chi connectivity index (χ1v) is 9.23. The molecular weight excluding hydrogens is 609 g/mol. The monoisotopic (exact) mass is 620 g/mol. The maximum atomic E-state index is 12.0. The third-order valence-electron chi connectivity index (χ3n) is 2.52. The molecule has 1 N–H and O–H groups in total. The van der Waals surface area contributed by atoms with Gasteiger partial charge in [-0.1, -0.05) is 0 Å². The van der Waals surface area contributed by atoms with E-state index in [-0.39, 0.29) is 5.91 Å². The highest BCUT2D eigenvalue weighted by Gasteiger charge is 2.14. The van der Waals surface area contributed by atoms with Gasteiger partial charge >= 0.3 is 0 Å². The number of benzene rings is 1. The number of ether oxygens (including phenoxy) is 1. The van der Waals surface area contributed by atoms with E-state index in [1.165, 1.54) is 6.20 Å². The fourth-order valence-corrected chi connectivity index (χ4v) is 5.45. The summed E-state index contributed by atoms with van der Waals surface area (Å²) in [7, 11) is 0. The smallest absolute Gasteiger partial charge is 0.255 e. The Bertz CT molecular complexity index is 627. The Kier molecular flexibility index (Phi) is 6.47. The van der Waals surface area contributed by atoms with Gasteiger partial charge in [0.2, 0.25) is 0 Å². The van der Waals surface area contributed by atoms with Gasteiger partial charge in [0.05, 0.1) is 12.7 Å². The second-order valence-electron chi connectivity index (χ2n) is 4.17. The van der Waals surface area contributed by atoms with Crippen molar-refractivity contribution in [2.45, 2.75) is 13.2 Å². The van der Waals surface area contributed by atoms with Crippen LogP contribution in [0.15, 0.2) is 36.7 Å². The number of halogens is 3. The van der Waals surface area contributed by atoms with Crippen molar-refractivity contribution in [1.82, 2.24) is 10.3 Å². The van der Waals surface area contributed by atoms with E-state index in [9.17, 15) is 4.79 Å². The van der Waals surface area contributed by atoms with Crippen LogP contribution in [0.1, 0.15) is 17.3 Å². The van der Waals surface area contributed by atoms with Gasteiger partial charge in [-0.25, -0.2) is 0 Å². The van der Waals surface area contributed by atoms with E-state index in [1.54, 1.807) is 25.3 Å². The van der Waals surface area contributed by atoms with Gasteiger partial charge in [0.1, 0.15) is 5.75 Å². The van der Waals surface area contributed by atoms with Crippen LogP contribution < -0.4 is 10.1 Å². The Hall–Kier alpha value is -0.170. The number of aromatic nitrogens is 1. The van der Waals surface area contributed by atoms with Gasteiger partial charge in [-0.3, -0.25) is 9.78 Å². The molecule has 1 unspecified atom stereocenters. The maximum absolute atomic E-state index is 12.0. The van der Waals surface area contributed by atoms with Crippen molar-refractivity contribution in [3.05, 3.63) is 52.9 Å². The first-order chi connectivity index (χ1) is 9.97. The van der Waals surface area contributed by atoms with Crippen LogP contribution in [-0.2, 0) is 0 Å². The lowest BCUT2D eigenvalue weighted by atomic mass is 10.3. The van der Waals surface area contributed by atoms with Crippen LogP contribution in [0.25, 0.3) is 0 Å². The SMILES string of the molecule is CC(NC(=O)c1cccnc1)Oc1c(I)cc(I)cc1I. The quantitative estimate of drug-likeness (QED) is 0.415. The molecule has 7 heteroatoms. The molecule has 0 aliphatic carbocycles. The second kappa shape index (κ2) is 7.90. The Morgan fingerprint density at radius 2 is 1.95 bits per heavy atom. The molecule has 1 aromatic carbocycles. The molecule has 1 amide bonds. The lowest BCUT2D eigenvalue weighted by Crippen LogP contribution is -2.37. The Balaban J connectivity index is 2.06. The molecule has 4 nitrogen and oxygen atoms in total. The largest absolute Gasteiger partial charge is 0.469 e. The molecule has 0 radical (unpaired) electrons. The van der Waals surface area contributed by atoms with Gasteiger partial charge < -0.3 is 10.1 Å². The molecule has 110 valence electrons. The first-order valence-electron chi connectivity index (χ1n) is 5.99. The van der Waals surface area contributed by atoms with E-state index in [0.717, 1.165) is 16.5 Å². The molecule has 0 saturated heterocycles. The van der Waals surface area contributed by atoms with Gasteiger partial charge in [0, 0.05) is 16.0 Å². The minimum absolute atomic E-state index is 0.203. The number of carbonyl (C=O) groups is 1. The van der Waals surface area contributed by atoms with Crippen LogP contribution in [0, 0.1) is 10.7 Å². The van der Waals surface area contributed by atoms with Crippen LogP contribution >= 0.6 is 67.8 Å². The molecule has 0 spiro atoms. The highest BCUT2D eigenvalue weighted by Crippen LogP contribution is 2.30. The molecule has 2 aromatic rings. The molecule has 2 rings (SSSR count). The molecular formula is C14H11I3N2O2. The Labute approximate surface area is 163 Å². The zero-order valence-electron chi connectivity index (χ0n) is 10.9. The second-order valence-corrected chi connectivity index (χ2v) is 7.74. The average molecular weight is 620 g/mol. The summed E-state index contributed by atoms with van der Waals surface area (Å²) >= 11 is 6.73. The number of nitrogens with zero attached hydrogens (tertiary/aromatic N) is 1. The summed E-state index contributed by atoms with van der Waals surface area (Å²) in [4.78, 5) is 16.0. The van der Waals surface area contributed by atoms with Crippen molar-refractivity contribution in [3.63, 3.8) is 0 Å². The van der Waals surface area contributed by atoms with Crippen LogP contribution in [-0.4, -0.2) is 17.1 Å². The minimum Gasteiger partial charge on any atom is -0.469 e. The minimum atomic E-state index is -0.431. The highest BCUT2D eigenvalue weighted by atomic mass is 127. The van der Waals surface area contributed by atoms with Gasteiger partial charge in [0.15, 0.2) is 6.23 Å². The van der Waals surface area contributed by atoms with Crippen molar-refractivity contribution in [1.29, 1.82) is 0 Å². The number of hydrogen-bond acceptors (Lipinski definition) is 3. The van der Waals surface area contributed by atoms with Crippen LogP contribution in [0.2, 0.25) is 0 Å². The number of amides is 1. The molecule has 0 fully saturated rings. The normalized spacial score (nSPS) is 11.8. The standard InChI is InChI=1S/C14H11I3N2O2/c1-8(19-14(20)9-3-2-4-18-7-9)21-13-11(16)5-10(15)6-12(13)17/h2-8H,1H3,(H,19,20). The van der Waals surface area contributed by atoms with E-state index in [1.807, 2.05) is 12.1 Å². The van der Waals surface area contributed by atoms with Gasteiger partial charge in [0.25, 0.3) is 5.91 Å². The summed E-state index contributed by atoms with van der Waals surface area (Å²) < 4.78 is 9.05. The number of pyridine rings is 1. The van der Waals surface area contributed by atoms with Crippen molar-refractivity contribution in [2.75, 3.05) is 0 Å². The van der Waals surface area contributed by atoms with Gasteiger partial charge in [-0.15, -0.1) is 0 Å². The third kappa shape index (κ3) is 4.91. The number of nitrogens with one attached hydrogen (secondary N) is 1. The summed E-state index contributed by atoms with van der Waals surface area (Å²) in [5.41, 5.74) is 0.514. The van der Waals surface area contributed by atoms with E-state index in [0.29, 0.717) is 5.56 Å². The number of carbonyl (C=O) groups excluding carboxylic acids is 1. The van der Waals surface area contributed by atoms with Gasteiger partial charge in [-0.05, 0) is 99.0 Å². The zero-order chi connectivity index (χ0) is 15.4. The van der Waals surface area contributed by atoms with Crippen LogP contribution in [0.4, 0.5) is 0 Å². The van der Waals surface area contributed by atoms with Crippen molar-refractivity contribution in [2.24, 2.45) is 0 Å². The van der Waals surface area contributed by atoms with E-state index in [2.05, 4.69) is 78.1 Å². The average Bonchev–Trinajstić information content (AvgIpc) is 2.43. The summed E-state index contributed by atoms with van der Waals surface area (Å²) in [6, 6.07) is 7.52. The van der Waals surface area contributed by atoms with Crippen molar-refractivity contribution >= 4 is 73.7 Å². The fraction of sp³-hybridized carbons (Fsp3) is 0.143.